The Labute approximate surface area is 126 Å². The zero-order valence-corrected chi connectivity index (χ0v) is 13.7. The normalized spacial score (nSPS) is 11.6. The maximum atomic E-state index is 12.3. The van der Waals surface area contributed by atoms with Crippen LogP contribution < -0.4 is 10.5 Å². The van der Waals surface area contributed by atoms with E-state index in [0.29, 0.717) is 5.69 Å². The zero-order valence-electron chi connectivity index (χ0n) is 11.3. The van der Waals surface area contributed by atoms with Crippen LogP contribution in [0, 0.1) is 13.8 Å². The predicted molar refractivity (Wildman–Crippen MR) is 82.0 cm³/mol. The second kappa shape index (κ2) is 5.10. The van der Waals surface area contributed by atoms with E-state index in [0.717, 1.165) is 15.6 Å². The summed E-state index contributed by atoms with van der Waals surface area (Å²) in [7, 11) is -2.13. The lowest BCUT2D eigenvalue weighted by Crippen LogP contribution is -2.14. The van der Waals surface area contributed by atoms with E-state index in [1.165, 1.54) is 10.9 Å². The number of halogens is 1. The summed E-state index contributed by atoms with van der Waals surface area (Å²) >= 11 is 3.44. The van der Waals surface area contributed by atoms with Crippen molar-refractivity contribution in [2.24, 2.45) is 7.05 Å². The second-order valence-corrected chi connectivity index (χ2v) is 7.03. The summed E-state index contributed by atoms with van der Waals surface area (Å²) in [6.07, 6.45) is 1.37. The van der Waals surface area contributed by atoms with Crippen molar-refractivity contribution in [2.45, 2.75) is 18.7 Å². The van der Waals surface area contributed by atoms with E-state index in [-0.39, 0.29) is 10.7 Å². The van der Waals surface area contributed by atoms with Crippen molar-refractivity contribution in [3.8, 4) is 0 Å². The van der Waals surface area contributed by atoms with Crippen LogP contribution in [-0.2, 0) is 17.1 Å². The molecule has 6 nitrogen and oxygen atoms in total. The van der Waals surface area contributed by atoms with Crippen LogP contribution >= 0.6 is 15.9 Å². The molecule has 2 aromatic rings. The summed E-state index contributed by atoms with van der Waals surface area (Å²) in [6, 6.07) is 3.50. The summed E-state index contributed by atoms with van der Waals surface area (Å²) in [5.41, 5.74) is 7.99. The zero-order chi connectivity index (χ0) is 15.1. The monoisotopic (exact) mass is 358 g/mol. The van der Waals surface area contributed by atoms with Crippen LogP contribution in [-0.4, -0.2) is 18.2 Å². The topological polar surface area (TPSA) is 90.0 Å². The molecule has 0 bridgehead atoms. The first kappa shape index (κ1) is 14.9. The van der Waals surface area contributed by atoms with Crippen molar-refractivity contribution in [2.75, 3.05) is 10.5 Å². The molecule has 0 spiro atoms. The van der Waals surface area contributed by atoms with Gasteiger partial charge in [0.05, 0.1) is 0 Å². The van der Waals surface area contributed by atoms with Crippen LogP contribution in [0.25, 0.3) is 0 Å². The Hall–Kier alpha value is -1.54. The van der Waals surface area contributed by atoms with Gasteiger partial charge >= 0.3 is 0 Å². The minimum Gasteiger partial charge on any atom is -0.381 e. The summed E-state index contributed by atoms with van der Waals surface area (Å²) in [4.78, 5) is -0.0294. The molecule has 20 heavy (non-hydrogen) atoms. The molecular weight excluding hydrogens is 344 g/mol. The predicted octanol–water partition coefficient (Wildman–Crippen LogP) is 2.18. The average molecular weight is 359 g/mol. The Balaban J connectivity index is 2.41. The summed E-state index contributed by atoms with van der Waals surface area (Å²) in [5.74, 6) is -0.0226. The van der Waals surface area contributed by atoms with E-state index >= 15 is 0 Å². The number of nitrogen functional groups attached to an aromatic ring is 1. The van der Waals surface area contributed by atoms with Gasteiger partial charge in [-0.25, -0.2) is 8.42 Å². The third kappa shape index (κ3) is 2.80. The van der Waals surface area contributed by atoms with E-state index in [9.17, 15) is 8.42 Å². The van der Waals surface area contributed by atoms with Crippen LogP contribution in [0.2, 0.25) is 0 Å². The molecule has 0 aliphatic heterocycles. The van der Waals surface area contributed by atoms with E-state index in [4.69, 9.17) is 5.73 Å². The van der Waals surface area contributed by atoms with Gasteiger partial charge in [0, 0.05) is 23.4 Å². The number of nitrogens with two attached hydrogens (primary N) is 1. The molecule has 0 amide bonds. The molecule has 108 valence electrons. The fourth-order valence-electron chi connectivity index (χ4n) is 1.91. The van der Waals surface area contributed by atoms with Crippen molar-refractivity contribution in [1.82, 2.24) is 9.78 Å². The van der Waals surface area contributed by atoms with Gasteiger partial charge in [0.1, 0.15) is 4.90 Å². The van der Waals surface area contributed by atoms with Crippen molar-refractivity contribution in [3.05, 3.63) is 33.9 Å². The molecule has 0 saturated heterocycles. The Morgan fingerprint density at radius 3 is 2.30 bits per heavy atom. The number of nitrogens with one attached hydrogen (secondary N) is 1. The summed E-state index contributed by atoms with van der Waals surface area (Å²) in [6.45, 7) is 3.79. The minimum atomic E-state index is -3.74. The first-order valence-electron chi connectivity index (χ1n) is 5.79. The molecule has 8 heteroatoms. The van der Waals surface area contributed by atoms with Gasteiger partial charge in [-0.3, -0.25) is 9.40 Å². The molecule has 0 unspecified atom stereocenters. The minimum absolute atomic E-state index is 0.0226. The van der Waals surface area contributed by atoms with Crippen LogP contribution in [0.3, 0.4) is 0 Å². The van der Waals surface area contributed by atoms with E-state index in [2.05, 4.69) is 25.8 Å². The highest BCUT2D eigenvalue weighted by Gasteiger charge is 2.21. The molecular formula is C12H15BrN4O2S. The van der Waals surface area contributed by atoms with Gasteiger partial charge in [-0.2, -0.15) is 5.10 Å². The Kier molecular flexibility index (Phi) is 3.79. The van der Waals surface area contributed by atoms with E-state index < -0.39 is 10.0 Å². The highest BCUT2D eigenvalue weighted by atomic mass is 79.9. The van der Waals surface area contributed by atoms with Gasteiger partial charge < -0.3 is 5.73 Å². The van der Waals surface area contributed by atoms with Crippen LogP contribution in [0.4, 0.5) is 11.5 Å². The van der Waals surface area contributed by atoms with Gasteiger partial charge in [-0.1, -0.05) is 15.9 Å². The fourth-order valence-corrected chi connectivity index (χ4v) is 3.28. The van der Waals surface area contributed by atoms with Gasteiger partial charge in [0.15, 0.2) is 5.82 Å². The maximum Gasteiger partial charge on any atom is 0.267 e. The Morgan fingerprint density at radius 2 is 1.85 bits per heavy atom. The lowest BCUT2D eigenvalue weighted by molar-refractivity contribution is 0.601. The lowest BCUT2D eigenvalue weighted by atomic mass is 10.1. The van der Waals surface area contributed by atoms with Gasteiger partial charge in [0.25, 0.3) is 10.0 Å². The number of sulfonamides is 1. The van der Waals surface area contributed by atoms with Crippen molar-refractivity contribution >= 4 is 37.5 Å². The number of hydrogen-bond acceptors (Lipinski definition) is 4. The molecule has 0 saturated carbocycles. The summed E-state index contributed by atoms with van der Waals surface area (Å²) in [5, 5.41) is 3.84. The third-order valence-electron chi connectivity index (χ3n) is 2.80. The quantitative estimate of drug-likeness (QED) is 0.879. The molecule has 2 rings (SSSR count). The smallest absolute Gasteiger partial charge is 0.267 e. The number of aryl methyl sites for hydroxylation is 3. The van der Waals surface area contributed by atoms with Crippen molar-refractivity contribution in [1.29, 1.82) is 0 Å². The molecule has 0 aliphatic rings. The molecule has 3 N–H and O–H groups in total. The number of rotatable bonds is 3. The first-order chi connectivity index (χ1) is 9.20. The highest BCUT2D eigenvalue weighted by Crippen LogP contribution is 2.27. The summed E-state index contributed by atoms with van der Waals surface area (Å²) < 4.78 is 29.4. The Morgan fingerprint density at radius 1 is 1.30 bits per heavy atom. The molecule has 1 aromatic carbocycles. The van der Waals surface area contributed by atoms with E-state index in [1.54, 1.807) is 19.2 Å². The van der Waals surface area contributed by atoms with Gasteiger partial charge in [-0.05, 0) is 37.1 Å². The SMILES string of the molecule is Cc1cc(NS(=O)(=O)c2cn(C)nc2N)cc(C)c1Br. The number of aromatic nitrogens is 2. The number of nitrogens with zero attached hydrogens (tertiary/aromatic N) is 2. The third-order valence-corrected chi connectivity index (χ3v) is 5.45. The molecule has 1 aromatic heterocycles. The van der Waals surface area contributed by atoms with Crippen LogP contribution in [0.5, 0.6) is 0 Å². The van der Waals surface area contributed by atoms with Gasteiger partial charge in [-0.15, -0.1) is 0 Å². The standard InChI is InChI=1S/C12H15BrN4O2S/c1-7-4-9(5-8(2)11(7)13)16-20(18,19)10-6-17(3)15-12(10)14/h4-6,16H,1-3H3,(H2,14,15). The largest absolute Gasteiger partial charge is 0.381 e. The molecule has 0 fully saturated rings. The van der Waals surface area contributed by atoms with Crippen LogP contribution in [0.15, 0.2) is 27.7 Å². The first-order valence-corrected chi connectivity index (χ1v) is 8.07. The van der Waals surface area contributed by atoms with Gasteiger partial charge in [0.2, 0.25) is 0 Å². The molecule has 0 atom stereocenters. The fraction of sp³-hybridized carbons (Fsp3) is 0.250. The maximum absolute atomic E-state index is 12.3. The number of hydrogen-bond donors (Lipinski definition) is 2. The average Bonchev–Trinajstić information content (AvgIpc) is 2.65. The molecule has 1 heterocycles. The second-order valence-electron chi connectivity index (χ2n) is 4.58. The van der Waals surface area contributed by atoms with Crippen molar-refractivity contribution in [3.63, 3.8) is 0 Å². The molecule has 0 radical (unpaired) electrons. The van der Waals surface area contributed by atoms with Crippen molar-refractivity contribution < 1.29 is 8.42 Å². The number of anilines is 2. The Bertz CT molecular complexity index is 745. The van der Waals surface area contributed by atoms with Crippen LogP contribution in [0.1, 0.15) is 11.1 Å². The highest BCUT2D eigenvalue weighted by molar-refractivity contribution is 9.10. The van der Waals surface area contributed by atoms with E-state index in [1.807, 2.05) is 13.8 Å². The molecule has 0 aliphatic carbocycles. The lowest BCUT2D eigenvalue weighted by Gasteiger charge is -2.10. The number of benzene rings is 1.